The fraction of sp³-hybridized carbons (Fsp3) is 0.750. The summed E-state index contributed by atoms with van der Waals surface area (Å²) in [5, 5.41) is 0.909. The maximum atomic E-state index is 11.7. The maximum absolute atomic E-state index is 11.7. The molecule has 4 heteroatoms. The van der Waals surface area contributed by atoms with Crippen LogP contribution in [0.4, 0.5) is 0 Å². The zero-order chi connectivity index (χ0) is 13.0. The first-order chi connectivity index (χ1) is 7.02. The Kier molecular flexibility index (Phi) is 6.04. The van der Waals surface area contributed by atoms with E-state index >= 15 is 0 Å². The molecule has 0 aliphatic heterocycles. The second-order valence-corrected chi connectivity index (χ2v) is 13.0. The topological polar surface area (TPSA) is 26.3 Å². The Morgan fingerprint density at radius 2 is 1.81 bits per heavy atom. The van der Waals surface area contributed by atoms with Gasteiger partial charge in [-0.3, -0.25) is 0 Å². The molecule has 0 saturated carbocycles. The van der Waals surface area contributed by atoms with E-state index in [4.69, 9.17) is 4.43 Å². The number of hydrogen-bond donors (Lipinski definition) is 0. The Hall–Kier alpha value is -0.0303. The van der Waals surface area contributed by atoms with E-state index < -0.39 is 23.7 Å². The summed E-state index contributed by atoms with van der Waals surface area (Å²) < 4.78 is 6.25. The van der Waals surface area contributed by atoms with Gasteiger partial charge in [-0.15, -0.1) is 0 Å². The summed E-state index contributed by atoms with van der Waals surface area (Å²) in [5.74, 6) is 0.990. The molecule has 0 N–H and O–H groups in total. The van der Waals surface area contributed by atoms with Gasteiger partial charge in [0.15, 0.2) is 0 Å². The Labute approximate surface area is 107 Å². The van der Waals surface area contributed by atoms with Crippen LogP contribution in [0.15, 0.2) is 11.8 Å². The van der Waals surface area contributed by atoms with Crippen LogP contribution in [0.3, 0.4) is 0 Å². The van der Waals surface area contributed by atoms with Crippen molar-refractivity contribution in [1.82, 2.24) is 0 Å². The van der Waals surface area contributed by atoms with E-state index in [2.05, 4.69) is 25.7 Å². The molecule has 0 aromatic rings. The molecule has 0 aliphatic rings. The van der Waals surface area contributed by atoms with Gasteiger partial charge in [0, 0.05) is 0 Å². The number of carbonyl (C=O) groups is 1. The molecule has 2 nitrogen and oxygen atoms in total. The summed E-state index contributed by atoms with van der Waals surface area (Å²) in [4.78, 5) is 11.7. The van der Waals surface area contributed by atoms with E-state index in [-0.39, 0.29) is 5.41 Å². The third kappa shape index (κ3) is 8.16. The van der Waals surface area contributed by atoms with Crippen LogP contribution in [0, 0.1) is 5.41 Å². The average Bonchev–Trinajstić information content (AvgIpc) is 1.98. The van der Waals surface area contributed by atoms with E-state index in [1.54, 1.807) is 0 Å². The fourth-order valence-corrected chi connectivity index (χ4v) is 4.45. The van der Waals surface area contributed by atoms with Crippen LogP contribution in [-0.4, -0.2) is 28.4 Å². The first-order valence-corrected chi connectivity index (χ1v) is 11.6. The average molecular weight is 301 g/mol. The third-order valence-electron chi connectivity index (χ3n) is 1.80. The van der Waals surface area contributed by atoms with Gasteiger partial charge in [0.05, 0.1) is 0 Å². The van der Waals surface area contributed by atoms with Crippen molar-refractivity contribution >= 4 is 28.4 Å². The van der Waals surface area contributed by atoms with Crippen molar-refractivity contribution in [2.24, 2.45) is 5.41 Å². The van der Waals surface area contributed by atoms with Crippen LogP contribution in [0.1, 0.15) is 27.7 Å². The van der Waals surface area contributed by atoms with Gasteiger partial charge in [-0.05, 0) is 0 Å². The standard InChI is InChI=1S/C12H24GeO2Si/c1-10(15-16(5,6)7)8-9-13-11(14)12(2,3)4/h8H,9H2,1-7H3/b10-8-. The van der Waals surface area contributed by atoms with E-state index in [1.165, 1.54) is 0 Å². The van der Waals surface area contributed by atoms with Crippen molar-refractivity contribution in [2.45, 2.75) is 52.6 Å². The SMILES string of the molecule is C/C(=C/[CH2][Ge][C](=O)C(C)(C)C)O[Si](C)(C)C. The molecule has 0 aromatic carbocycles. The van der Waals surface area contributed by atoms with Crippen LogP contribution >= 0.6 is 0 Å². The van der Waals surface area contributed by atoms with Crippen molar-refractivity contribution in [3.05, 3.63) is 11.8 Å². The Balaban J connectivity index is 4.07. The summed E-state index contributed by atoms with van der Waals surface area (Å²) in [6.45, 7) is 14.5. The monoisotopic (exact) mass is 302 g/mol. The minimum absolute atomic E-state index is 0.165. The quantitative estimate of drug-likeness (QED) is 0.574. The Bertz CT molecular complexity index is 272. The summed E-state index contributed by atoms with van der Waals surface area (Å²) in [6, 6.07) is 0. The summed E-state index contributed by atoms with van der Waals surface area (Å²) in [5.41, 5.74) is -0.165. The fourth-order valence-electron chi connectivity index (χ4n) is 1.08. The Morgan fingerprint density at radius 3 is 2.19 bits per heavy atom. The van der Waals surface area contributed by atoms with Crippen LogP contribution in [0.25, 0.3) is 0 Å². The summed E-state index contributed by atoms with van der Waals surface area (Å²) >= 11 is -0.519. The number of hydrogen-bond acceptors (Lipinski definition) is 2. The van der Waals surface area contributed by atoms with Crippen LogP contribution in [-0.2, 0) is 9.22 Å². The minimum atomic E-state index is -1.47. The van der Waals surface area contributed by atoms with Crippen molar-refractivity contribution < 1.29 is 9.22 Å². The van der Waals surface area contributed by atoms with Gasteiger partial charge < -0.3 is 0 Å². The zero-order valence-corrected chi connectivity index (χ0v) is 14.7. The summed E-state index contributed by atoms with van der Waals surface area (Å²) in [6.07, 6.45) is 2.09. The van der Waals surface area contributed by atoms with Gasteiger partial charge in [-0.2, -0.15) is 0 Å². The second kappa shape index (κ2) is 6.05. The molecule has 0 bridgehead atoms. The van der Waals surface area contributed by atoms with Gasteiger partial charge in [0.1, 0.15) is 0 Å². The second-order valence-electron chi connectivity index (χ2n) is 5.99. The van der Waals surface area contributed by atoms with E-state index in [1.807, 2.05) is 27.7 Å². The first kappa shape index (κ1) is 16.0. The van der Waals surface area contributed by atoms with Gasteiger partial charge in [0.2, 0.25) is 0 Å². The van der Waals surface area contributed by atoms with Gasteiger partial charge >= 0.3 is 107 Å². The molecule has 0 atom stereocenters. The van der Waals surface area contributed by atoms with Crippen molar-refractivity contribution in [3.8, 4) is 0 Å². The van der Waals surface area contributed by atoms with Crippen LogP contribution in [0.2, 0.25) is 24.9 Å². The first-order valence-electron chi connectivity index (χ1n) is 5.66. The van der Waals surface area contributed by atoms with Crippen LogP contribution < -0.4 is 0 Å². The molecule has 0 rings (SSSR count). The van der Waals surface area contributed by atoms with E-state index in [0.717, 1.165) is 11.0 Å². The molecule has 0 aliphatic carbocycles. The van der Waals surface area contributed by atoms with Crippen LogP contribution in [0.5, 0.6) is 0 Å². The van der Waals surface area contributed by atoms with Gasteiger partial charge in [-0.25, -0.2) is 0 Å². The molecule has 0 amide bonds. The molecular weight excluding hydrogens is 277 g/mol. The molecule has 0 aromatic heterocycles. The number of allylic oxidation sites excluding steroid dienone is 2. The van der Waals surface area contributed by atoms with Crippen molar-refractivity contribution in [3.63, 3.8) is 0 Å². The Morgan fingerprint density at radius 1 is 1.31 bits per heavy atom. The zero-order valence-electron chi connectivity index (χ0n) is 11.6. The predicted octanol–water partition coefficient (Wildman–Crippen LogP) is 3.44. The number of carbonyl (C=O) groups excluding carboxylic acids is 1. The predicted molar refractivity (Wildman–Crippen MR) is 73.2 cm³/mol. The molecule has 0 unspecified atom stereocenters. The molecule has 0 spiro atoms. The van der Waals surface area contributed by atoms with Crippen molar-refractivity contribution in [1.29, 1.82) is 0 Å². The van der Waals surface area contributed by atoms with E-state index in [0.29, 0.717) is 4.62 Å². The third-order valence-corrected chi connectivity index (χ3v) is 5.84. The molecular formula is C12H24GeO2Si. The van der Waals surface area contributed by atoms with Crippen molar-refractivity contribution in [2.75, 3.05) is 0 Å². The van der Waals surface area contributed by atoms with Gasteiger partial charge in [-0.1, -0.05) is 0 Å². The van der Waals surface area contributed by atoms with Gasteiger partial charge in [0.25, 0.3) is 0 Å². The molecule has 16 heavy (non-hydrogen) atoms. The van der Waals surface area contributed by atoms with E-state index in [9.17, 15) is 4.79 Å². The molecule has 0 heterocycles. The number of rotatable bonds is 5. The molecule has 92 valence electrons. The molecule has 0 saturated heterocycles. The summed E-state index contributed by atoms with van der Waals surface area (Å²) in [7, 11) is -1.47. The molecule has 2 radical (unpaired) electrons. The normalized spacial score (nSPS) is 13.8. The molecule has 0 fully saturated rings.